The van der Waals surface area contributed by atoms with E-state index in [0.717, 1.165) is 0 Å². The van der Waals surface area contributed by atoms with Gasteiger partial charge in [-0.1, -0.05) is 41.4 Å². The molecule has 1 spiro atoms. The first-order chi connectivity index (χ1) is 12.8. The average molecular weight is 406 g/mol. The molecule has 2 aliphatic rings. The quantitative estimate of drug-likeness (QED) is 0.572. The molecule has 0 saturated heterocycles. The van der Waals surface area contributed by atoms with Crippen molar-refractivity contribution in [3.05, 3.63) is 68.2 Å². The summed E-state index contributed by atoms with van der Waals surface area (Å²) in [7, 11) is 0. The number of nitro groups is 1. The van der Waals surface area contributed by atoms with E-state index in [2.05, 4.69) is 5.10 Å². The summed E-state index contributed by atoms with van der Waals surface area (Å²) in [5.41, 5.74) is -0.324. The number of hydrazone groups is 1. The van der Waals surface area contributed by atoms with Gasteiger partial charge < -0.3 is 4.74 Å². The monoisotopic (exact) mass is 405 g/mol. The minimum Gasteiger partial charge on any atom is -0.468 e. The summed E-state index contributed by atoms with van der Waals surface area (Å²) in [5, 5.41) is 17.4. The molecule has 9 heteroatoms. The van der Waals surface area contributed by atoms with Gasteiger partial charge >= 0.3 is 0 Å². The predicted molar refractivity (Wildman–Crippen MR) is 101 cm³/mol. The fourth-order valence-corrected chi connectivity index (χ4v) is 4.17. The second-order valence-corrected chi connectivity index (χ2v) is 7.19. The number of carbonyl (C=O) groups is 1. The first-order valence-corrected chi connectivity index (χ1v) is 8.85. The lowest BCUT2D eigenvalue weighted by Gasteiger charge is -2.27. The number of hydrogen-bond acceptors (Lipinski definition) is 5. The molecule has 138 valence electrons. The maximum atomic E-state index is 13.4. The summed E-state index contributed by atoms with van der Waals surface area (Å²) in [6.07, 6.45) is 0. The molecule has 2 aromatic rings. The van der Waals surface area contributed by atoms with Crippen LogP contribution in [0.2, 0.25) is 10.0 Å². The van der Waals surface area contributed by atoms with E-state index in [1.165, 1.54) is 11.1 Å². The number of anilines is 1. The molecule has 1 amide bonds. The van der Waals surface area contributed by atoms with Gasteiger partial charge in [0.05, 0.1) is 16.4 Å². The van der Waals surface area contributed by atoms with Gasteiger partial charge in [0.2, 0.25) is 12.1 Å². The van der Waals surface area contributed by atoms with E-state index in [-0.39, 0.29) is 10.8 Å². The molecule has 0 N–H and O–H groups in total. The molecule has 0 radical (unpaired) electrons. The fourth-order valence-electron chi connectivity index (χ4n) is 3.62. The summed E-state index contributed by atoms with van der Waals surface area (Å²) in [5.74, 6) is -1.17. The molecule has 0 unspecified atom stereocenters. The van der Waals surface area contributed by atoms with Crippen LogP contribution in [0.25, 0.3) is 0 Å². The highest BCUT2D eigenvalue weighted by Gasteiger charge is 2.64. The summed E-state index contributed by atoms with van der Waals surface area (Å²) < 4.78 is 6.01. The maximum absolute atomic E-state index is 13.4. The van der Waals surface area contributed by atoms with Crippen LogP contribution >= 0.6 is 23.2 Å². The molecule has 2 aromatic carbocycles. The molecule has 0 aliphatic carbocycles. The van der Waals surface area contributed by atoms with Gasteiger partial charge in [-0.2, -0.15) is 10.1 Å². The zero-order valence-corrected chi connectivity index (χ0v) is 15.6. The topological polar surface area (TPSA) is 85.0 Å². The lowest BCUT2D eigenvalue weighted by Crippen LogP contribution is -2.54. The second kappa shape index (κ2) is 6.21. The number of benzene rings is 2. The zero-order chi connectivity index (χ0) is 19.3. The van der Waals surface area contributed by atoms with E-state index in [1.54, 1.807) is 37.3 Å². The highest BCUT2D eigenvalue weighted by atomic mass is 35.5. The number of nitrogens with zero attached hydrogens (tertiary/aromatic N) is 3. The Kier molecular flexibility index (Phi) is 4.09. The molecule has 0 aromatic heterocycles. The molecule has 2 atom stereocenters. The molecule has 0 saturated carbocycles. The lowest BCUT2D eigenvalue weighted by molar-refractivity contribution is -0.484. The number of halogens is 2. The van der Waals surface area contributed by atoms with Gasteiger partial charge in [0.25, 0.3) is 5.91 Å². The van der Waals surface area contributed by atoms with Crippen molar-refractivity contribution in [3.8, 4) is 5.75 Å². The number of amides is 1. The number of ether oxygens (including phenoxy) is 1. The maximum Gasteiger partial charge on any atom is 0.298 e. The lowest BCUT2D eigenvalue weighted by atomic mass is 9.80. The van der Waals surface area contributed by atoms with Crippen molar-refractivity contribution in [2.75, 3.05) is 11.6 Å². The molecule has 4 rings (SSSR count). The van der Waals surface area contributed by atoms with Crippen molar-refractivity contribution in [2.45, 2.75) is 18.4 Å². The minimum absolute atomic E-state index is 0.196. The van der Waals surface area contributed by atoms with Crippen LogP contribution in [0.1, 0.15) is 18.4 Å². The number of carbonyl (C=O) groups excluding carboxylic acids is 1. The standard InChI is InChI=1S/C18H13Cl2N3O4/c1-10-18(17(24)23(21-10)12-5-3-2-4-6-12)14(9-22(25)26)13-7-11(19)8-15(20)16(13)27-18/h2-8,14H,9H2,1H3/t14-,18+/m0/s1. The van der Waals surface area contributed by atoms with E-state index in [0.29, 0.717) is 22.0 Å². The van der Waals surface area contributed by atoms with Crippen LogP contribution in [0.4, 0.5) is 5.69 Å². The van der Waals surface area contributed by atoms with Crippen molar-refractivity contribution in [3.63, 3.8) is 0 Å². The van der Waals surface area contributed by atoms with Gasteiger partial charge in [0.1, 0.15) is 11.7 Å². The van der Waals surface area contributed by atoms with Crippen molar-refractivity contribution in [2.24, 2.45) is 5.10 Å². The van der Waals surface area contributed by atoms with Crippen LogP contribution in [0.3, 0.4) is 0 Å². The zero-order valence-electron chi connectivity index (χ0n) is 14.1. The first-order valence-electron chi connectivity index (χ1n) is 8.09. The number of para-hydroxylation sites is 1. The Hall–Kier alpha value is -2.64. The molecule has 2 heterocycles. The highest BCUT2D eigenvalue weighted by molar-refractivity contribution is 6.36. The Morgan fingerprint density at radius 3 is 2.67 bits per heavy atom. The van der Waals surface area contributed by atoms with Crippen LogP contribution in [0, 0.1) is 10.1 Å². The smallest absolute Gasteiger partial charge is 0.298 e. The van der Waals surface area contributed by atoms with Gasteiger partial charge in [-0.05, 0) is 31.2 Å². The predicted octanol–water partition coefficient (Wildman–Crippen LogP) is 3.91. The van der Waals surface area contributed by atoms with Crippen molar-refractivity contribution in [1.82, 2.24) is 0 Å². The van der Waals surface area contributed by atoms with Gasteiger partial charge in [0, 0.05) is 15.5 Å². The third-order valence-electron chi connectivity index (χ3n) is 4.80. The van der Waals surface area contributed by atoms with Gasteiger partial charge in [-0.15, -0.1) is 0 Å². The minimum atomic E-state index is -1.63. The molecule has 0 fully saturated rings. The number of fused-ring (bicyclic) bond motifs is 1. The van der Waals surface area contributed by atoms with Gasteiger partial charge in [0.15, 0.2) is 0 Å². The Balaban J connectivity index is 1.86. The summed E-state index contributed by atoms with van der Waals surface area (Å²) in [6.45, 7) is 1.10. The second-order valence-electron chi connectivity index (χ2n) is 6.35. The van der Waals surface area contributed by atoms with E-state index in [4.69, 9.17) is 27.9 Å². The van der Waals surface area contributed by atoms with Crippen LogP contribution in [0.5, 0.6) is 5.75 Å². The van der Waals surface area contributed by atoms with Crippen LogP contribution in [0.15, 0.2) is 47.6 Å². The number of rotatable bonds is 3. The van der Waals surface area contributed by atoms with Gasteiger partial charge in [-0.25, -0.2) is 0 Å². The molecular formula is C18H13Cl2N3O4. The van der Waals surface area contributed by atoms with E-state index < -0.39 is 28.9 Å². The van der Waals surface area contributed by atoms with Crippen molar-refractivity contribution >= 4 is 40.5 Å². The number of hydrogen-bond donors (Lipinski definition) is 0. The Morgan fingerprint density at radius 2 is 2.00 bits per heavy atom. The summed E-state index contributed by atoms with van der Waals surface area (Å²) >= 11 is 12.3. The Labute approximate surface area is 164 Å². The third kappa shape index (κ3) is 2.57. The fraction of sp³-hybridized carbons (Fsp3) is 0.222. The largest absolute Gasteiger partial charge is 0.468 e. The Bertz CT molecular complexity index is 996. The molecule has 27 heavy (non-hydrogen) atoms. The summed E-state index contributed by atoms with van der Waals surface area (Å²) in [4.78, 5) is 24.3. The normalized spacial score (nSPS) is 23.4. The van der Waals surface area contributed by atoms with Crippen LogP contribution in [-0.4, -0.2) is 28.7 Å². The van der Waals surface area contributed by atoms with Crippen LogP contribution in [-0.2, 0) is 4.79 Å². The van der Waals surface area contributed by atoms with E-state index in [9.17, 15) is 14.9 Å². The molecule has 0 bridgehead atoms. The Morgan fingerprint density at radius 1 is 1.30 bits per heavy atom. The molecule has 7 nitrogen and oxygen atoms in total. The SMILES string of the molecule is CC1=NN(c2ccccc2)C(=O)[C@@]12Oc1c(Cl)cc(Cl)cc1[C@@H]2C[N+](=O)[O-]. The van der Waals surface area contributed by atoms with Gasteiger partial charge in [-0.3, -0.25) is 14.9 Å². The van der Waals surface area contributed by atoms with Crippen molar-refractivity contribution < 1.29 is 14.5 Å². The highest BCUT2D eigenvalue weighted by Crippen LogP contribution is 2.52. The van der Waals surface area contributed by atoms with Crippen molar-refractivity contribution in [1.29, 1.82) is 0 Å². The molecular weight excluding hydrogens is 393 g/mol. The third-order valence-corrected chi connectivity index (χ3v) is 5.30. The van der Waals surface area contributed by atoms with Crippen LogP contribution < -0.4 is 9.75 Å². The summed E-state index contributed by atoms with van der Waals surface area (Å²) in [6, 6.07) is 11.8. The molecule has 2 aliphatic heterocycles. The van der Waals surface area contributed by atoms with E-state index in [1.807, 2.05) is 6.07 Å². The van der Waals surface area contributed by atoms with E-state index >= 15 is 0 Å². The first kappa shape index (κ1) is 17.8. The average Bonchev–Trinajstić information content (AvgIpc) is 3.07.